The summed E-state index contributed by atoms with van der Waals surface area (Å²) in [7, 11) is 0.171. The summed E-state index contributed by atoms with van der Waals surface area (Å²) in [5, 5.41) is 8.96. The predicted octanol–water partition coefficient (Wildman–Crippen LogP) is 4.54. The number of rotatable bonds is 14. The summed E-state index contributed by atoms with van der Waals surface area (Å²) in [6, 6.07) is 27.3. The molecule has 4 rings (SSSR count). The van der Waals surface area contributed by atoms with E-state index < -0.39 is 0 Å². The SMILES string of the molecule is CCCCP(CCCC)c1cc2ccccc2[cH-]1.CCCCP(CCCC)c1cc2ccccc2[cH-]1.[F-].[F-].[Hf+4]. The monoisotopic (exact) mass is 736 g/mol. The van der Waals surface area contributed by atoms with Crippen molar-refractivity contribution in [2.24, 2.45) is 0 Å². The number of unbranched alkanes of at least 4 members (excludes halogenated alkanes) is 4. The first kappa shape index (κ1) is 38.3. The topological polar surface area (TPSA) is 0 Å². The fourth-order valence-corrected chi connectivity index (χ4v) is 10.3. The van der Waals surface area contributed by atoms with E-state index in [9.17, 15) is 0 Å². The van der Waals surface area contributed by atoms with Gasteiger partial charge in [-0.15, -0.1) is 80.7 Å². The Morgan fingerprint density at radius 1 is 0.513 bits per heavy atom. The molecule has 212 valence electrons. The first-order valence-corrected chi connectivity index (χ1v) is 17.9. The molecule has 0 atom stereocenters. The van der Waals surface area contributed by atoms with Crippen molar-refractivity contribution in [1.29, 1.82) is 0 Å². The number of hydrogen-bond acceptors (Lipinski definition) is 0. The van der Waals surface area contributed by atoms with Crippen molar-refractivity contribution in [2.45, 2.75) is 79.1 Å². The number of benzene rings is 2. The van der Waals surface area contributed by atoms with Crippen LogP contribution in [0.3, 0.4) is 0 Å². The van der Waals surface area contributed by atoms with Crippen molar-refractivity contribution in [2.75, 3.05) is 24.6 Å². The van der Waals surface area contributed by atoms with Gasteiger partial charge in [0.15, 0.2) is 0 Å². The van der Waals surface area contributed by atoms with Crippen LogP contribution in [-0.2, 0) is 25.8 Å². The molecule has 0 fully saturated rings. The smallest absolute Gasteiger partial charge is 1.00 e. The zero-order valence-electron chi connectivity index (χ0n) is 24.6. The predicted molar refractivity (Wildman–Crippen MR) is 171 cm³/mol. The number of hydrogen-bond donors (Lipinski definition) is 0. The van der Waals surface area contributed by atoms with Crippen LogP contribution >= 0.6 is 15.8 Å². The van der Waals surface area contributed by atoms with Crippen LogP contribution in [0.5, 0.6) is 0 Å². The van der Waals surface area contributed by atoms with Crippen LogP contribution in [0.2, 0.25) is 0 Å². The molecule has 5 heteroatoms. The minimum Gasteiger partial charge on any atom is -1.00 e. The summed E-state index contributed by atoms with van der Waals surface area (Å²) >= 11 is 0. The second-order valence-electron chi connectivity index (χ2n) is 10.1. The zero-order chi connectivity index (χ0) is 25.6. The molecular weight excluding hydrogens is 687 g/mol. The van der Waals surface area contributed by atoms with Gasteiger partial charge in [-0.25, -0.2) is 0 Å². The Hall–Kier alpha value is -0.750. The molecule has 4 aromatic rings. The van der Waals surface area contributed by atoms with E-state index in [0.29, 0.717) is 0 Å². The third-order valence-electron chi connectivity index (χ3n) is 7.06. The van der Waals surface area contributed by atoms with E-state index in [-0.39, 0.29) is 51.1 Å². The maximum absolute atomic E-state index is 2.44. The van der Waals surface area contributed by atoms with Crippen LogP contribution in [0, 0.1) is 0 Å². The minimum atomic E-state index is 0. The van der Waals surface area contributed by atoms with Gasteiger partial charge in [0.25, 0.3) is 0 Å². The van der Waals surface area contributed by atoms with Gasteiger partial charge in [0.2, 0.25) is 0 Å². The van der Waals surface area contributed by atoms with Gasteiger partial charge in [0, 0.05) is 0 Å². The summed E-state index contributed by atoms with van der Waals surface area (Å²) < 4.78 is 0. The molecular formula is C34H48F2HfP2. The molecule has 0 unspecified atom stereocenters. The Balaban J connectivity index is 0.000000688. The molecule has 0 N–H and O–H groups in total. The normalized spacial score (nSPS) is 10.6. The molecule has 0 amide bonds. The molecule has 0 heterocycles. The molecule has 0 aliphatic heterocycles. The van der Waals surface area contributed by atoms with Crippen LogP contribution in [0.1, 0.15) is 79.1 Å². The summed E-state index contributed by atoms with van der Waals surface area (Å²) in [5.41, 5.74) is 0. The molecule has 4 aromatic carbocycles. The van der Waals surface area contributed by atoms with E-state index in [1.54, 1.807) is 10.6 Å². The van der Waals surface area contributed by atoms with E-state index in [0.717, 1.165) is 0 Å². The molecule has 0 aromatic heterocycles. The summed E-state index contributed by atoms with van der Waals surface area (Å²) in [6.07, 6.45) is 16.5. The Labute approximate surface area is 258 Å². The van der Waals surface area contributed by atoms with Gasteiger partial charge in [-0.1, -0.05) is 81.4 Å². The van der Waals surface area contributed by atoms with Gasteiger partial charge >= 0.3 is 25.8 Å². The van der Waals surface area contributed by atoms with E-state index in [1.807, 2.05) is 0 Å². The van der Waals surface area contributed by atoms with Gasteiger partial charge in [-0.3, -0.25) is 0 Å². The maximum atomic E-state index is 2.44. The first-order chi connectivity index (χ1) is 17.7. The number of fused-ring (bicyclic) bond motifs is 2. The Morgan fingerprint density at radius 3 is 1.10 bits per heavy atom. The van der Waals surface area contributed by atoms with Gasteiger partial charge in [0.1, 0.15) is 0 Å². The number of halogens is 2. The van der Waals surface area contributed by atoms with Gasteiger partial charge in [-0.2, -0.15) is 12.1 Å². The van der Waals surface area contributed by atoms with Crippen molar-refractivity contribution in [1.82, 2.24) is 0 Å². The van der Waals surface area contributed by atoms with Crippen molar-refractivity contribution < 1.29 is 35.3 Å². The largest absolute Gasteiger partial charge is 4.00 e. The average molecular weight is 735 g/mol. The van der Waals surface area contributed by atoms with Gasteiger partial charge < -0.3 is 9.41 Å². The molecule has 0 spiro atoms. The Kier molecular flexibility index (Phi) is 21.5. The van der Waals surface area contributed by atoms with Gasteiger partial charge in [0.05, 0.1) is 0 Å². The molecule has 0 saturated carbocycles. The quantitative estimate of drug-likeness (QED) is 0.102. The van der Waals surface area contributed by atoms with Crippen LogP contribution in [0.4, 0.5) is 0 Å². The molecule has 0 aliphatic carbocycles. The zero-order valence-corrected chi connectivity index (χ0v) is 29.9. The van der Waals surface area contributed by atoms with Crippen molar-refractivity contribution in [3.8, 4) is 0 Å². The fraction of sp³-hybridized carbons (Fsp3) is 0.471. The van der Waals surface area contributed by atoms with E-state index in [4.69, 9.17) is 0 Å². The average Bonchev–Trinajstić information content (AvgIpc) is 3.53. The van der Waals surface area contributed by atoms with Crippen LogP contribution in [0.25, 0.3) is 21.5 Å². The van der Waals surface area contributed by atoms with E-state index in [2.05, 4.69) is 100 Å². The van der Waals surface area contributed by atoms with Crippen molar-refractivity contribution >= 4 is 48.0 Å². The third-order valence-corrected chi connectivity index (χ3v) is 12.5. The Bertz CT molecular complexity index is 964. The summed E-state index contributed by atoms with van der Waals surface area (Å²) in [5.74, 6) is 0. The molecule has 0 aliphatic rings. The second kappa shape index (κ2) is 21.9. The van der Waals surface area contributed by atoms with Crippen LogP contribution in [-0.4, -0.2) is 24.6 Å². The molecule has 0 radical (unpaired) electrons. The molecule has 0 saturated heterocycles. The van der Waals surface area contributed by atoms with Crippen LogP contribution < -0.4 is 20.0 Å². The first-order valence-electron chi connectivity index (χ1n) is 14.5. The minimum absolute atomic E-state index is 0. The van der Waals surface area contributed by atoms with Crippen molar-refractivity contribution in [3.05, 3.63) is 72.8 Å². The van der Waals surface area contributed by atoms with E-state index >= 15 is 0 Å². The third kappa shape index (κ3) is 12.3. The molecule has 0 nitrogen and oxygen atoms in total. The molecule has 39 heavy (non-hydrogen) atoms. The standard InChI is InChI=1S/2C17H24P.2FH.Hf/c2*1-3-5-11-18(12-6-4-2)17-13-15-9-7-8-10-16(15)14-17;;;/h2*7-10,13-14H,3-6,11-12H2,1-2H3;2*1H;/q2*-1;;;+4/p-2. The molecule has 0 bridgehead atoms. The summed E-state index contributed by atoms with van der Waals surface area (Å²) in [6.45, 7) is 9.20. The van der Waals surface area contributed by atoms with Crippen LogP contribution in [0.15, 0.2) is 72.8 Å². The second-order valence-corrected chi connectivity index (χ2v) is 15.1. The van der Waals surface area contributed by atoms with Crippen molar-refractivity contribution in [3.63, 3.8) is 0 Å². The summed E-state index contributed by atoms with van der Waals surface area (Å²) in [4.78, 5) is 0. The fourth-order valence-electron chi connectivity index (χ4n) is 4.77. The van der Waals surface area contributed by atoms with Gasteiger partial charge in [-0.05, 0) is 50.3 Å². The van der Waals surface area contributed by atoms with E-state index in [1.165, 1.54) is 97.6 Å². The Morgan fingerprint density at radius 2 is 0.821 bits per heavy atom. The maximum Gasteiger partial charge on any atom is 4.00 e.